The smallest absolute Gasteiger partial charge is 0.258 e. The van der Waals surface area contributed by atoms with Gasteiger partial charge in [0.1, 0.15) is 5.82 Å². The molecule has 5 heteroatoms. The van der Waals surface area contributed by atoms with Crippen LogP contribution in [0, 0.1) is 0 Å². The number of nitrogens with one attached hydrogen (secondary N) is 3. The Hall–Kier alpha value is -2.30. The van der Waals surface area contributed by atoms with Crippen LogP contribution in [0.4, 0.5) is 11.5 Å². The molecular weight excluding hydrogens is 228 g/mol. The van der Waals surface area contributed by atoms with Crippen molar-refractivity contribution >= 4 is 17.4 Å². The molecule has 1 heterocycles. The van der Waals surface area contributed by atoms with Gasteiger partial charge in [0.2, 0.25) is 0 Å². The number of amides is 1. The summed E-state index contributed by atoms with van der Waals surface area (Å²) in [5, 5.41) is 12.6. The third-order valence-corrected chi connectivity index (χ3v) is 2.78. The molecule has 0 spiro atoms. The second kappa shape index (κ2) is 5.35. The fourth-order valence-corrected chi connectivity index (χ4v) is 1.77. The van der Waals surface area contributed by atoms with Crippen molar-refractivity contribution in [3.05, 3.63) is 41.6 Å². The van der Waals surface area contributed by atoms with Crippen molar-refractivity contribution < 1.29 is 4.79 Å². The lowest BCUT2D eigenvalue weighted by atomic mass is 10.1. The Morgan fingerprint density at radius 3 is 2.89 bits per heavy atom. The fraction of sp³-hybridized carbons (Fsp3) is 0.231. The van der Waals surface area contributed by atoms with Crippen LogP contribution in [0.2, 0.25) is 0 Å². The number of hydrogen-bond donors (Lipinski definition) is 3. The summed E-state index contributed by atoms with van der Waals surface area (Å²) in [7, 11) is 1.79. The van der Waals surface area contributed by atoms with E-state index in [0.29, 0.717) is 11.4 Å². The van der Waals surface area contributed by atoms with Gasteiger partial charge < -0.3 is 10.6 Å². The number of anilines is 2. The predicted octanol–water partition coefficient (Wildman–Crippen LogP) is 2.27. The molecule has 0 saturated carbocycles. The molecule has 2 aromatic rings. The minimum absolute atomic E-state index is 0.154. The van der Waals surface area contributed by atoms with Crippen molar-refractivity contribution in [3.8, 4) is 0 Å². The van der Waals surface area contributed by atoms with Gasteiger partial charge in [0.15, 0.2) is 0 Å². The molecule has 0 atom stereocenters. The average molecular weight is 244 g/mol. The Bertz CT molecular complexity index is 547. The number of carbonyl (C=O) groups is 1. The summed E-state index contributed by atoms with van der Waals surface area (Å²) in [4.78, 5) is 12.2. The van der Waals surface area contributed by atoms with Gasteiger partial charge in [-0.15, -0.1) is 0 Å². The zero-order valence-electron chi connectivity index (χ0n) is 10.4. The van der Waals surface area contributed by atoms with Gasteiger partial charge in [-0.2, -0.15) is 5.10 Å². The molecule has 94 valence electrons. The lowest BCUT2D eigenvalue weighted by molar-refractivity contribution is 0.102. The molecule has 0 aliphatic heterocycles. The van der Waals surface area contributed by atoms with Crippen LogP contribution in [0.3, 0.4) is 0 Å². The van der Waals surface area contributed by atoms with Gasteiger partial charge in [0.05, 0.1) is 11.8 Å². The van der Waals surface area contributed by atoms with Gasteiger partial charge >= 0.3 is 0 Å². The normalized spacial score (nSPS) is 10.1. The number of hydrogen-bond acceptors (Lipinski definition) is 3. The Morgan fingerprint density at radius 1 is 1.39 bits per heavy atom. The van der Waals surface area contributed by atoms with Crippen molar-refractivity contribution in [1.29, 1.82) is 0 Å². The molecule has 0 fully saturated rings. The first kappa shape index (κ1) is 12.2. The van der Waals surface area contributed by atoms with Gasteiger partial charge in [0.25, 0.3) is 5.91 Å². The lowest BCUT2D eigenvalue weighted by Gasteiger charge is -2.09. The van der Waals surface area contributed by atoms with E-state index < -0.39 is 0 Å². The number of benzene rings is 1. The van der Waals surface area contributed by atoms with Crippen LogP contribution in [-0.2, 0) is 6.42 Å². The van der Waals surface area contributed by atoms with E-state index in [-0.39, 0.29) is 5.91 Å². The minimum atomic E-state index is -0.154. The number of aromatic nitrogens is 2. The third kappa shape index (κ3) is 2.34. The Balaban J connectivity index is 2.22. The Morgan fingerprint density at radius 2 is 2.17 bits per heavy atom. The van der Waals surface area contributed by atoms with E-state index in [0.717, 1.165) is 17.7 Å². The number of aromatic amines is 1. The van der Waals surface area contributed by atoms with Crippen molar-refractivity contribution in [2.24, 2.45) is 0 Å². The zero-order chi connectivity index (χ0) is 13.0. The first-order valence-electron chi connectivity index (χ1n) is 5.86. The fourth-order valence-electron chi connectivity index (χ4n) is 1.77. The largest absolute Gasteiger partial charge is 0.387 e. The van der Waals surface area contributed by atoms with Crippen molar-refractivity contribution in [2.75, 3.05) is 17.7 Å². The highest BCUT2D eigenvalue weighted by Gasteiger charge is 2.12. The van der Waals surface area contributed by atoms with Crippen LogP contribution in [-0.4, -0.2) is 23.2 Å². The average Bonchev–Trinajstić information content (AvgIpc) is 2.85. The van der Waals surface area contributed by atoms with E-state index in [1.54, 1.807) is 19.3 Å². The van der Waals surface area contributed by atoms with Gasteiger partial charge in [0, 0.05) is 18.3 Å². The maximum atomic E-state index is 12.2. The summed E-state index contributed by atoms with van der Waals surface area (Å²) >= 11 is 0. The van der Waals surface area contributed by atoms with E-state index in [2.05, 4.69) is 20.8 Å². The molecule has 1 aromatic carbocycles. The topological polar surface area (TPSA) is 69.8 Å². The maximum Gasteiger partial charge on any atom is 0.258 e. The minimum Gasteiger partial charge on any atom is -0.387 e. The van der Waals surface area contributed by atoms with Gasteiger partial charge in [-0.3, -0.25) is 9.89 Å². The monoisotopic (exact) mass is 244 g/mol. The van der Waals surface area contributed by atoms with Crippen LogP contribution < -0.4 is 10.6 Å². The maximum absolute atomic E-state index is 12.2. The molecule has 5 nitrogen and oxygen atoms in total. The van der Waals surface area contributed by atoms with Gasteiger partial charge in [-0.05, 0) is 18.6 Å². The number of nitrogens with zero attached hydrogens (tertiary/aromatic N) is 1. The third-order valence-electron chi connectivity index (χ3n) is 2.78. The first-order chi connectivity index (χ1) is 8.76. The highest BCUT2D eigenvalue weighted by atomic mass is 16.1. The van der Waals surface area contributed by atoms with Crippen LogP contribution in [0.1, 0.15) is 22.8 Å². The van der Waals surface area contributed by atoms with Crippen LogP contribution in [0.15, 0.2) is 30.5 Å². The van der Waals surface area contributed by atoms with Crippen LogP contribution in [0.5, 0.6) is 0 Å². The number of rotatable bonds is 4. The van der Waals surface area contributed by atoms with Crippen molar-refractivity contribution in [2.45, 2.75) is 13.3 Å². The predicted molar refractivity (Wildman–Crippen MR) is 71.9 cm³/mol. The summed E-state index contributed by atoms with van der Waals surface area (Å²) in [5.41, 5.74) is 2.40. The summed E-state index contributed by atoms with van der Waals surface area (Å²) in [6.45, 7) is 2.02. The zero-order valence-corrected chi connectivity index (χ0v) is 10.4. The lowest BCUT2D eigenvalue weighted by Crippen LogP contribution is -2.15. The summed E-state index contributed by atoms with van der Waals surface area (Å²) < 4.78 is 0. The number of para-hydroxylation sites is 1. The molecule has 1 aromatic heterocycles. The molecule has 0 unspecified atom stereocenters. The SMILES string of the molecule is CCc1cn[nH]c1NC(=O)c1ccccc1NC. The van der Waals surface area contributed by atoms with E-state index in [1.165, 1.54) is 0 Å². The Labute approximate surface area is 106 Å². The number of H-pyrrole nitrogens is 1. The van der Waals surface area contributed by atoms with Crippen molar-refractivity contribution in [3.63, 3.8) is 0 Å². The van der Waals surface area contributed by atoms with Gasteiger partial charge in [-0.1, -0.05) is 19.1 Å². The molecular formula is C13H16N4O. The molecule has 1 amide bonds. The standard InChI is InChI=1S/C13H16N4O/c1-3-9-8-15-17-12(9)16-13(18)10-6-4-5-7-11(10)14-2/h4-8,14H,3H2,1-2H3,(H2,15,16,17,18). The van der Waals surface area contributed by atoms with E-state index in [4.69, 9.17) is 0 Å². The summed E-state index contributed by atoms with van der Waals surface area (Å²) in [6.07, 6.45) is 2.54. The highest BCUT2D eigenvalue weighted by molar-refractivity contribution is 6.07. The molecule has 0 aliphatic carbocycles. The van der Waals surface area contributed by atoms with E-state index in [9.17, 15) is 4.79 Å². The number of aryl methyl sites for hydroxylation is 1. The Kier molecular flexibility index (Phi) is 3.62. The van der Waals surface area contributed by atoms with Crippen LogP contribution in [0.25, 0.3) is 0 Å². The van der Waals surface area contributed by atoms with Crippen molar-refractivity contribution in [1.82, 2.24) is 10.2 Å². The summed E-state index contributed by atoms with van der Waals surface area (Å²) in [5.74, 6) is 0.507. The second-order valence-corrected chi connectivity index (χ2v) is 3.87. The second-order valence-electron chi connectivity index (χ2n) is 3.87. The van der Waals surface area contributed by atoms with Crippen LogP contribution >= 0.6 is 0 Å². The summed E-state index contributed by atoms with van der Waals surface area (Å²) in [6, 6.07) is 7.37. The molecule has 0 saturated heterocycles. The van der Waals surface area contributed by atoms with Gasteiger partial charge in [-0.25, -0.2) is 0 Å². The number of carbonyl (C=O) groups excluding carboxylic acids is 1. The molecule has 3 N–H and O–H groups in total. The molecule has 2 rings (SSSR count). The first-order valence-corrected chi connectivity index (χ1v) is 5.86. The highest BCUT2D eigenvalue weighted by Crippen LogP contribution is 2.17. The van der Waals surface area contributed by atoms with E-state index >= 15 is 0 Å². The molecule has 0 bridgehead atoms. The molecule has 18 heavy (non-hydrogen) atoms. The molecule has 0 radical (unpaired) electrons. The quantitative estimate of drug-likeness (QED) is 0.772. The molecule has 0 aliphatic rings. The van der Waals surface area contributed by atoms with E-state index in [1.807, 2.05) is 25.1 Å².